The molecule has 5 heteroatoms. The molecule has 0 amide bonds. The Kier molecular flexibility index (Phi) is 9.02. The molecule has 4 rings (SSSR count). The van der Waals surface area contributed by atoms with Gasteiger partial charge in [-0.05, 0) is 16.7 Å². The lowest BCUT2D eigenvalue weighted by molar-refractivity contribution is -0.251. The lowest BCUT2D eigenvalue weighted by Gasteiger charge is -2.43. The number of hydrogen-bond acceptors (Lipinski definition) is 5. The molecule has 3 aromatic carbocycles. The van der Waals surface area contributed by atoms with E-state index in [1.807, 2.05) is 91.0 Å². The van der Waals surface area contributed by atoms with Crippen LogP contribution in [0.4, 0.5) is 0 Å². The summed E-state index contributed by atoms with van der Waals surface area (Å²) in [7, 11) is 0. The van der Waals surface area contributed by atoms with Crippen molar-refractivity contribution in [3.05, 3.63) is 120 Å². The van der Waals surface area contributed by atoms with Gasteiger partial charge in [0.05, 0.1) is 26.4 Å². The van der Waals surface area contributed by atoms with Crippen molar-refractivity contribution in [2.24, 2.45) is 0 Å². The Bertz CT molecular complexity index is 979. The van der Waals surface area contributed by atoms with Crippen LogP contribution in [0.5, 0.6) is 0 Å². The van der Waals surface area contributed by atoms with Crippen molar-refractivity contribution < 1.29 is 24.1 Å². The van der Waals surface area contributed by atoms with Crippen LogP contribution in [0.25, 0.3) is 0 Å². The maximum absolute atomic E-state index is 11.1. The maximum atomic E-state index is 11.1. The molecule has 0 radical (unpaired) electrons. The van der Waals surface area contributed by atoms with Gasteiger partial charge in [-0.2, -0.15) is 0 Å². The largest absolute Gasteiger partial charge is 0.387 e. The second-order valence-electron chi connectivity index (χ2n) is 8.39. The molecule has 0 saturated carbocycles. The van der Waals surface area contributed by atoms with Gasteiger partial charge in [0.1, 0.15) is 30.5 Å². The normalized spacial score (nSPS) is 24.6. The van der Waals surface area contributed by atoms with E-state index in [0.717, 1.165) is 16.7 Å². The van der Waals surface area contributed by atoms with Crippen molar-refractivity contribution in [1.29, 1.82) is 0 Å². The lowest BCUT2D eigenvalue weighted by Crippen LogP contribution is -2.59. The molecule has 1 aliphatic rings. The fourth-order valence-electron chi connectivity index (χ4n) is 4.08. The Morgan fingerprint density at radius 2 is 1.18 bits per heavy atom. The molecule has 1 heterocycles. The third-order valence-corrected chi connectivity index (χ3v) is 5.89. The minimum absolute atomic E-state index is 0.302. The van der Waals surface area contributed by atoms with Crippen LogP contribution in [0, 0.1) is 0 Å². The summed E-state index contributed by atoms with van der Waals surface area (Å²) < 4.78 is 24.8. The van der Waals surface area contributed by atoms with Crippen molar-refractivity contribution in [2.75, 3.05) is 6.61 Å². The summed E-state index contributed by atoms with van der Waals surface area (Å²) in [5, 5.41) is 11.1. The first-order valence-corrected chi connectivity index (χ1v) is 11.6. The Labute approximate surface area is 201 Å². The van der Waals surface area contributed by atoms with E-state index in [4.69, 9.17) is 18.9 Å². The van der Waals surface area contributed by atoms with Crippen LogP contribution >= 0.6 is 0 Å². The van der Waals surface area contributed by atoms with Crippen LogP contribution < -0.4 is 0 Å². The van der Waals surface area contributed by atoms with Crippen LogP contribution in [-0.4, -0.2) is 42.2 Å². The van der Waals surface area contributed by atoms with Gasteiger partial charge in [-0.25, -0.2) is 0 Å². The van der Waals surface area contributed by atoms with Gasteiger partial charge >= 0.3 is 0 Å². The molecule has 0 aliphatic carbocycles. The zero-order chi connectivity index (χ0) is 23.6. The minimum atomic E-state index is -0.910. The molecule has 34 heavy (non-hydrogen) atoms. The first kappa shape index (κ1) is 24.3. The molecule has 5 atom stereocenters. The van der Waals surface area contributed by atoms with Crippen LogP contribution in [0.2, 0.25) is 0 Å². The maximum Gasteiger partial charge on any atom is 0.115 e. The molecule has 0 unspecified atom stereocenters. The average Bonchev–Trinajstić information content (AvgIpc) is 2.89. The zero-order valence-electron chi connectivity index (χ0n) is 19.2. The van der Waals surface area contributed by atoms with E-state index in [2.05, 4.69) is 6.58 Å². The fourth-order valence-corrected chi connectivity index (χ4v) is 4.08. The van der Waals surface area contributed by atoms with Crippen LogP contribution in [0.3, 0.4) is 0 Å². The highest BCUT2D eigenvalue weighted by atomic mass is 16.6. The highest BCUT2D eigenvalue weighted by molar-refractivity contribution is 5.15. The summed E-state index contributed by atoms with van der Waals surface area (Å²) in [5.74, 6) is 0. The molecule has 0 spiro atoms. The van der Waals surface area contributed by atoms with E-state index in [9.17, 15) is 5.11 Å². The predicted octanol–water partition coefficient (Wildman–Crippen LogP) is 4.69. The molecule has 1 N–H and O–H groups in total. The van der Waals surface area contributed by atoms with Gasteiger partial charge in [0.2, 0.25) is 0 Å². The van der Waals surface area contributed by atoms with Gasteiger partial charge < -0.3 is 24.1 Å². The van der Waals surface area contributed by atoms with E-state index >= 15 is 0 Å². The molecule has 1 saturated heterocycles. The second kappa shape index (κ2) is 12.6. The van der Waals surface area contributed by atoms with Crippen LogP contribution in [0.1, 0.15) is 16.7 Å². The Balaban J connectivity index is 1.49. The van der Waals surface area contributed by atoms with E-state index in [1.54, 1.807) is 6.08 Å². The number of benzene rings is 3. The minimum Gasteiger partial charge on any atom is -0.387 e. The van der Waals surface area contributed by atoms with Gasteiger partial charge in [-0.1, -0.05) is 97.1 Å². The molecule has 0 bridgehead atoms. The zero-order valence-corrected chi connectivity index (χ0v) is 19.2. The first-order valence-electron chi connectivity index (χ1n) is 11.6. The summed E-state index contributed by atoms with van der Waals surface area (Å²) >= 11 is 0. The summed E-state index contributed by atoms with van der Waals surface area (Å²) in [6.45, 7) is 5.34. The predicted molar refractivity (Wildman–Crippen MR) is 131 cm³/mol. The smallest absolute Gasteiger partial charge is 0.115 e. The van der Waals surface area contributed by atoms with E-state index in [-0.39, 0.29) is 0 Å². The Morgan fingerprint density at radius 1 is 0.706 bits per heavy atom. The molecular formula is C29H32O5. The quantitative estimate of drug-likeness (QED) is 0.421. The number of aliphatic hydroxyl groups excluding tert-OH is 1. The van der Waals surface area contributed by atoms with Gasteiger partial charge in [-0.3, -0.25) is 0 Å². The summed E-state index contributed by atoms with van der Waals surface area (Å²) in [6.07, 6.45) is -1.44. The monoisotopic (exact) mass is 460 g/mol. The number of hydrogen-bond donors (Lipinski definition) is 1. The van der Waals surface area contributed by atoms with Gasteiger partial charge in [0.25, 0.3) is 0 Å². The van der Waals surface area contributed by atoms with E-state index in [1.165, 1.54) is 0 Å². The average molecular weight is 461 g/mol. The van der Waals surface area contributed by atoms with Crippen molar-refractivity contribution >= 4 is 0 Å². The number of ether oxygens (including phenoxy) is 4. The summed E-state index contributed by atoms with van der Waals surface area (Å²) in [5.41, 5.74) is 3.14. The lowest BCUT2D eigenvalue weighted by atomic mass is 9.94. The van der Waals surface area contributed by atoms with Gasteiger partial charge in [0, 0.05) is 0 Å². The van der Waals surface area contributed by atoms with Crippen molar-refractivity contribution in [2.45, 2.75) is 50.3 Å². The number of aliphatic hydroxyl groups is 1. The number of rotatable bonds is 11. The standard InChI is InChI=1S/C29H32O5/c1-2-25-27(30)29(33-20-24-16-10-5-11-17-24)28(32-19-23-14-8-4-9-15-23)26(34-25)21-31-18-22-12-6-3-7-13-22/h2-17,25-30H,1,18-21H2/t25-,26+,27-,28+,29+/m0/s1. The summed E-state index contributed by atoms with van der Waals surface area (Å²) in [6, 6.07) is 29.8. The van der Waals surface area contributed by atoms with Gasteiger partial charge in [0.15, 0.2) is 0 Å². The molecule has 5 nitrogen and oxygen atoms in total. The van der Waals surface area contributed by atoms with Crippen LogP contribution in [-0.2, 0) is 38.8 Å². The van der Waals surface area contributed by atoms with Crippen molar-refractivity contribution in [3.63, 3.8) is 0 Å². The summed E-state index contributed by atoms with van der Waals surface area (Å²) in [4.78, 5) is 0. The molecule has 1 fully saturated rings. The molecule has 1 aliphatic heterocycles. The van der Waals surface area contributed by atoms with E-state index < -0.39 is 30.5 Å². The van der Waals surface area contributed by atoms with Crippen molar-refractivity contribution in [3.8, 4) is 0 Å². The van der Waals surface area contributed by atoms with Crippen molar-refractivity contribution in [1.82, 2.24) is 0 Å². The highest BCUT2D eigenvalue weighted by Crippen LogP contribution is 2.29. The third kappa shape index (κ3) is 6.63. The van der Waals surface area contributed by atoms with Crippen LogP contribution in [0.15, 0.2) is 104 Å². The Morgan fingerprint density at radius 3 is 1.68 bits per heavy atom. The topological polar surface area (TPSA) is 57.2 Å². The molecule has 3 aromatic rings. The van der Waals surface area contributed by atoms with E-state index in [0.29, 0.717) is 26.4 Å². The molecular weight excluding hydrogens is 428 g/mol. The third-order valence-electron chi connectivity index (χ3n) is 5.89. The van der Waals surface area contributed by atoms with Gasteiger partial charge in [-0.15, -0.1) is 6.58 Å². The SMILES string of the molecule is C=C[C@@H]1O[C@H](COCc2ccccc2)[C@@H](OCc2ccccc2)[C@H](OCc2ccccc2)[C@H]1O. The first-order chi connectivity index (χ1) is 16.7. The highest BCUT2D eigenvalue weighted by Gasteiger charge is 2.46. The second-order valence-corrected chi connectivity index (χ2v) is 8.39. The fraction of sp³-hybridized carbons (Fsp3) is 0.310. The molecule has 0 aromatic heterocycles. The molecule has 178 valence electrons. The Hall–Kier alpha value is -2.80.